The van der Waals surface area contributed by atoms with Gasteiger partial charge >= 0.3 is 5.97 Å². The second-order valence-corrected chi connectivity index (χ2v) is 9.81. The molecule has 0 radical (unpaired) electrons. The molecule has 0 unspecified atom stereocenters. The van der Waals surface area contributed by atoms with Crippen LogP contribution >= 0.6 is 0 Å². The number of methoxy groups -OCH3 is 1. The van der Waals surface area contributed by atoms with Crippen LogP contribution in [0.1, 0.15) is 57.4 Å². The highest BCUT2D eigenvalue weighted by atomic mass is 19.1. The molecule has 0 bridgehead atoms. The third-order valence-electron chi connectivity index (χ3n) is 6.95. The minimum Gasteiger partial charge on any atom is -0.486 e. The number of nitrogens with one attached hydrogen (secondary N) is 1. The van der Waals surface area contributed by atoms with E-state index in [1.165, 1.54) is 13.2 Å². The van der Waals surface area contributed by atoms with Gasteiger partial charge in [0, 0.05) is 25.2 Å². The summed E-state index contributed by atoms with van der Waals surface area (Å²) in [5.74, 6) is -0.891. The zero-order valence-electron chi connectivity index (χ0n) is 22.1. The highest BCUT2D eigenvalue weighted by molar-refractivity contribution is 5.96. The van der Waals surface area contributed by atoms with Crippen LogP contribution < -0.4 is 10.1 Å². The number of halogens is 1. The topological polar surface area (TPSA) is 73.9 Å². The molecule has 200 valence electrons. The summed E-state index contributed by atoms with van der Waals surface area (Å²) in [7, 11) is 1.35. The van der Waals surface area contributed by atoms with E-state index in [-0.39, 0.29) is 30.7 Å². The van der Waals surface area contributed by atoms with Gasteiger partial charge in [0.2, 0.25) is 0 Å². The Morgan fingerprint density at radius 1 is 1.00 bits per heavy atom. The van der Waals surface area contributed by atoms with Crippen molar-refractivity contribution in [3.63, 3.8) is 0 Å². The Kier molecular flexibility index (Phi) is 8.79. The summed E-state index contributed by atoms with van der Waals surface area (Å²) < 4.78 is 30.2. The van der Waals surface area contributed by atoms with Gasteiger partial charge in [0.05, 0.1) is 12.6 Å². The molecule has 1 fully saturated rings. The van der Waals surface area contributed by atoms with E-state index in [1.54, 1.807) is 24.3 Å². The molecule has 6 nitrogen and oxygen atoms in total. The SMILES string of the molecule is COC(=O)CCc1ccc(COc2ccccc2F)cc1C(=O)NC1(c2cc(C)cc(C)c2)CCOCC1. The Morgan fingerprint density at radius 3 is 2.39 bits per heavy atom. The van der Waals surface area contributed by atoms with Gasteiger partial charge in [-0.2, -0.15) is 0 Å². The molecule has 3 aromatic carbocycles. The molecule has 1 aliphatic rings. The summed E-state index contributed by atoms with van der Waals surface area (Å²) in [6.07, 6.45) is 1.80. The number of hydrogen-bond acceptors (Lipinski definition) is 5. The van der Waals surface area contributed by atoms with Crippen molar-refractivity contribution in [1.82, 2.24) is 5.32 Å². The lowest BCUT2D eigenvalue weighted by Crippen LogP contribution is -2.49. The van der Waals surface area contributed by atoms with Crippen LogP contribution in [0.3, 0.4) is 0 Å². The fraction of sp³-hybridized carbons (Fsp3) is 0.355. The van der Waals surface area contributed by atoms with Crippen molar-refractivity contribution in [2.75, 3.05) is 20.3 Å². The highest BCUT2D eigenvalue weighted by Gasteiger charge is 2.37. The molecule has 0 saturated carbocycles. The molecule has 0 aliphatic carbocycles. The molecule has 1 saturated heterocycles. The standard InChI is InChI=1S/C31H34FNO5/c1-21-16-22(2)18-25(17-21)31(12-14-37-15-13-31)33-30(35)26-19-23(8-9-24(26)10-11-29(34)36-3)20-38-28-7-5-4-6-27(28)32/h4-9,16-19H,10-15,20H2,1-3H3,(H,33,35). The monoisotopic (exact) mass is 519 g/mol. The van der Waals surface area contributed by atoms with Crippen molar-refractivity contribution >= 4 is 11.9 Å². The van der Waals surface area contributed by atoms with Crippen molar-refractivity contribution in [3.8, 4) is 5.75 Å². The lowest BCUT2D eigenvalue weighted by Gasteiger charge is -2.39. The van der Waals surface area contributed by atoms with Crippen LogP contribution in [0.4, 0.5) is 4.39 Å². The van der Waals surface area contributed by atoms with Gasteiger partial charge in [0.25, 0.3) is 5.91 Å². The second-order valence-electron chi connectivity index (χ2n) is 9.81. The molecule has 1 amide bonds. The van der Waals surface area contributed by atoms with E-state index in [0.29, 0.717) is 43.6 Å². The normalized spacial score (nSPS) is 14.5. The van der Waals surface area contributed by atoms with E-state index >= 15 is 0 Å². The first-order valence-corrected chi connectivity index (χ1v) is 12.8. The fourth-order valence-corrected chi connectivity index (χ4v) is 4.95. The fourth-order valence-electron chi connectivity index (χ4n) is 4.95. The first-order valence-electron chi connectivity index (χ1n) is 12.8. The van der Waals surface area contributed by atoms with Crippen LogP contribution in [0.25, 0.3) is 0 Å². The van der Waals surface area contributed by atoms with Gasteiger partial charge < -0.3 is 19.5 Å². The Labute approximate surface area is 223 Å². The van der Waals surface area contributed by atoms with Crippen molar-refractivity contribution in [2.24, 2.45) is 0 Å². The lowest BCUT2D eigenvalue weighted by atomic mass is 9.81. The minimum absolute atomic E-state index is 0.0918. The molecule has 0 atom stereocenters. The van der Waals surface area contributed by atoms with E-state index in [1.807, 2.05) is 12.1 Å². The minimum atomic E-state index is -0.578. The molecule has 4 rings (SSSR count). The Bertz CT molecular complexity index is 1280. The third-order valence-corrected chi connectivity index (χ3v) is 6.95. The Morgan fingerprint density at radius 2 is 1.71 bits per heavy atom. The predicted molar refractivity (Wildman–Crippen MR) is 143 cm³/mol. The quantitative estimate of drug-likeness (QED) is 0.375. The molecule has 0 spiro atoms. The summed E-state index contributed by atoms with van der Waals surface area (Å²) in [6.45, 7) is 5.27. The molecule has 1 aliphatic heterocycles. The molecular formula is C31H34FNO5. The predicted octanol–water partition coefficient (Wildman–Crippen LogP) is 5.56. The van der Waals surface area contributed by atoms with Crippen molar-refractivity contribution < 1.29 is 28.2 Å². The maximum Gasteiger partial charge on any atom is 0.305 e. The molecule has 1 N–H and O–H groups in total. The number of para-hydroxylation sites is 1. The molecule has 38 heavy (non-hydrogen) atoms. The van der Waals surface area contributed by atoms with E-state index in [4.69, 9.17) is 14.2 Å². The number of aryl methyl sites for hydroxylation is 3. The van der Waals surface area contributed by atoms with Crippen molar-refractivity contribution in [3.05, 3.63) is 99.9 Å². The molecule has 0 aromatic heterocycles. The summed E-state index contributed by atoms with van der Waals surface area (Å²) >= 11 is 0. The number of benzene rings is 3. The zero-order chi connectivity index (χ0) is 27.1. The lowest BCUT2D eigenvalue weighted by molar-refractivity contribution is -0.140. The largest absolute Gasteiger partial charge is 0.486 e. The number of amides is 1. The van der Waals surface area contributed by atoms with Crippen molar-refractivity contribution in [1.29, 1.82) is 0 Å². The van der Waals surface area contributed by atoms with Gasteiger partial charge in [-0.15, -0.1) is 0 Å². The first kappa shape index (κ1) is 27.3. The maximum absolute atomic E-state index is 14.1. The van der Waals surface area contributed by atoms with E-state index in [0.717, 1.165) is 22.3 Å². The average Bonchev–Trinajstić information content (AvgIpc) is 2.91. The smallest absolute Gasteiger partial charge is 0.305 e. The first-order chi connectivity index (χ1) is 18.3. The summed E-state index contributed by atoms with van der Waals surface area (Å²) in [6, 6.07) is 18.0. The van der Waals surface area contributed by atoms with Crippen LogP contribution in [0, 0.1) is 19.7 Å². The Hall–Kier alpha value is -3.71. The van der Waals surface area contributed by atoms with E-state index in [2.05, 4.69) is 37.4 Å². The summed E-state index contributed by atoms with van der Waals surface area (Å²) in [5, 5.41) is 3.34. The van der Waals surface area contributed by atoms with E-state index < -0.39 is 11.4 Å². The van der Waals surface area contributed by atoms with Crippen LogP contribution in [-0.2, 0) is 32.8 Å². The van der Waals surface area contributed by atoms with Gasteiger partial charge in [-0.05, 0) is 68.0 Å². The number of ether oxygens (including phenoxy) is 3. The summed E-state index contributed by atoms with van der Waals surface area (Å²) in [4.78, 5) is 25.8. The highest BCUT2D eigenvalue weighted by Crippen LogP contribution is 2.34. The average molecular weight is 520 g/mol. The van der Waals surface area contributed by atoms with Gasteiger partial charge in [0.1, 0.15) is 6.61 Å². The third kappa shape index (κ3) is 6.58. The van der Waals surface area contributed by atoms with Gasteiger partial charge in [-0.25, -0.2) is 4.39 Å². The van der Waals surface area contributed by atoms with Gasteiger partial charge in [-0.1, -0.05) is 53.6 Å². The van der Waals surface area contributed by atoms with Crippen LogP contribution in [0.2, 0.25) is 0 Å². The molecular weight excluding hydrogens is 485 g/mol. The number of esters is 1. The molecule has 3 aromatic rings. The Balaban J connectivity index is 1.65. The van der Waals surface area contributed by atoms with Crippen molar-refractivity contribution in [2.45, 2.75) is 51.7 Å². The maximum atomic E-state index is 14.1. The summed E-state index contributed by atoms with van der Waals surface area (Å²) in [5.41, 5.74) is 4.64. The number of hydrogen-bond donors (Lipinski definition) is 1. The number of carbonyl (C=O) groups is 2. The molecule has 7 heteroatoms. The second kappa shape index (κ2) is 12.2. The van der Waals surface area contributed by atoms with Crippen LogP contribution in [0.5, 0.6) is 5.75 Å². The van der Waals surface area contributed by atoms with Crippen LogP contribution in [-0.4, -0.2) is 32.2 Å². The number of rotatable bonds is 9. The molecule has 1 heterocycles. The van der Waals surface area contributed by atoms with Gasteiger partial charge in [0.15, 0.2) is 11.6 Å². The van der Waals surface area contributed by atoms with Crippen LogP contribution in [0.15, 0.2) is 60.7 Å². The van der Waals surface area contributed by atoms with Gasteiger partial charge in [-0.3, -0.25) is 9.59 Å². The number of carbonyl (C=O) groups excluding carboxylic acids is 2. The van der Waals surface area contributed by atoms with E-state index in [9.17, 15) is 14.0 Å². The zero-order valence-corrected chi connectivity index (χ0v) is 22.1.